The van der Waals surface area contributed by atoms with E-state index in [1.807, 2.05) is 0 Å². The molecule has 0 aromatic heterocycles. The molecule has 0 radical (unpaired) electrons. The van der Waals surface area contributed by atoms with Gasteiger partial charge in [-0.2, -0.15) is 0 Å². The van der Waals surface area contributed by atoms with Gasteiger partial charge in [-0.25, -0.2) is 9.53 Å². The summed E-state index contributed by atoms with van der Waals surface area (Å²) in [6.07, 6.45) is 1.61. The van der Waals surface area contributed by atoms with Crippen molar-refractivity contribution >= 4 is 12.3 Å². The van der Waals surface area contributed by atoms with Gasteiger partial charge in [-0.3, -0.25) is 0 Å². The Bertz CT molecular complexity index is 255. The third kappa shape index (κ3) is 3.64. The largest absolute Gasteiger partial charge is 0.624 e. The molecular weight excluding hydrogens is 184 g/mol. The molecule has 1 atom stereocenters. The smallest absolute Gasteiger partial charge is 0.408 e. The number of alkyl carbamates (subject to hydrolysis) is 1. The van der Waals surface area contributed by atoms with E-state index in [9.17, 15) is 10.0 Å². The van der Waals surface area contributed by atoms with Gasteiger partial charge in [0.1, 0.15) is 11.6 Å². The molecule has 0 aromatic carbocycles. The number of carbonyl (C=O) groups is 1. The fraction of sp³-hybridized carbons (Fsp3) is 0.778. The molecule has 1 rings (SSSR count). The van der Waals surface area contributed by atoms with Gasteiger partial charge < -0.3 is 15.3 Å². The number of ether oxygens (including phenoxy) is 1. The molecule has 1 heterocycles. The van der Waals surface area contributed by atoms with Crippen LogP contribution in [0, 0.1) is 5.21 Å². The summed E-state index contributed by atoms with van der Waals surface area (Å²) < 4.78 is 5.87. The molecule has 0 saturated carbocycles. The van der Waals surface area contributed by atoms with Crippen LogP contribution in [-0.4, -0.2) is 35.2 Å². The highest BCUT2D eigenvalue weighted by Crippen LogP contribution is 2.07. The Balaban J connectivity index is 2.35. The minimum atomic E-state index is -0.500. The average Bonchev–Trinajstić information content (AvgIpc) is 2.30. The number of carbonyl (C=O) groups excluding carboxylic acids is 1. The molecule has 0 fully saturated rings. The van der Waals surface area contributed by atoms with Gasteiger partial charge in [0, 0.05) is 6.42 Å². The lowest BCUT2D eigenvalue weighted by Crippen LogP contribution is -2.39. The van der Waals surface area contributed by atoms with Crippen molar-refractivity contribution < 1.29 is 14.3 Å². The highest BCUT2D eigenvalue weighted by Gasteiger charge is 2.23. The summed E-state index contributed by atoms with van der Waals surface area (Å²) >= 11 is 0. The van der Waals surface area contributed by atoms with Crippen LogP contribution in [-0.2, 0) is 4.74 Å². The first-order chi connectivity index (χ1) is 6.37. The molecule has 1 unspecified atom stereocenters. The van der Waals surface area contributed by atoms with Crippen LogP contribution in [0.1, 0.15) is 27.2 Å². The molecule has 1 aliphatic heterocycles. The van der Waals surface area contributed by atoms with Gasteiger partial charge >= 0.3 is 6.09 Å². The summed E-state index contributed by atoms with van der Waals surface area (Å²) in [5.41, 5.74) is -0.500. The minimum Gasteiger partial charge on any atom is -0.624 e. The van der Waals surface area contributed by atoms with Crippen molar-refractivity contribution in [3.63, 3.8) is 0 Å². The molecule has 5 heteroatoms. The third-order valence-corrected chi connectivity index (χ3v) is 1.71. The van der Waals surface area contributed by atoms with Crippen LogP contribution >= 0.6 is 0 Å². The van der Waals surface area contributed by atoms with E-state index < -0.39 is 11.7 Å². The lowest BCUT2D eigenvalue weighted by atomic mass is 10.2. The van der Waals surface area contributed by atoms with Crippen LogP contribution in [0.25, 0.3) is 0 Å². The molecule has 0 aromatic rings. The summed E-state index contributed by atoms with van der Waals surface area (Å²) in [5, 5.41) is 13.4. The van der Waals surface area contributed by atoms with Crippen LogP contribution < -0.4 is 5.32 Å². The monoisotopic (exact) mass is 200 g/mol. The Kier molecular flexibility index (Phi) is 2.98. The lowest BCUT2D eigenvalue weighted by Gasteiger charge is -2.20. The molecular formula is C9H16N2O3. The van der Waals surface area contributed by atoms with Crippen molar-refractivity contribution in [3.05, 3.63) is 5.21 Å². The number of hydroxylamine groups is 1. The maximum Gasteiger partial charge on any atom is 0.408 e. The maximum atomic E-state index is 11.2. The van der Waals surface area contributed by atoms with Gasteiger partial charge in [0.05, 0.1) is 0 Å². The van der Waals surface area contributed by atoms with Crippen LogP contribution in [0.3, 0.4) is 0 Å². The second kappa shape index (κ2) is 3.86. The summed E-state index contributed by atoms with van der Waals surface area (Å²) in [5.74, 6) is 0. The number of rotatable bonds is 1. The minimum absolute atomic E-state index is 0.192. The number of hydrogen-bond acceptors (Lipinski definition) is 3. The number of nitrogens with zero attached hydrogens (tertiary/aromatic N) is 1. The SMILES string of the molecule is CC(C)(C)OC(=O)NC1C=[N+]([O-])CC1. The number of nitrogens with one attached hydrogen (secondary N) is 1. The van der Waals surface area contributed by atoms with E-state index in [0.29, 0.717) is 13.0 Å². The molecule has 1 aliphatic rings. The fourth-order valence-electron chi connectivity index (χ4n) is 1.18. The van der Waals surface area contributed by atoms with E-state index in [2.05, 4.69) is 5.32 Å². The zero-order chi connectivity index (χ0) is 10.8. The second-order valence-electron chi connectivity index (χ2n) is 4.33. The van der Waals surface area contributed by atoms with Crippen molar-refractivity contribution in [1.29, 1.82) is 0 Å². The third-order valence-electron chi connectivity index (χ3n) is 1.71. The lowest BCUT2D eigenvalue weighted by molar-refractivity contribution is -0.443. The van der Waals surface area contributed by atoms with Crippen molar-refractivity contribution in [3.8, 4) is 0 Å². The van der Waals surface area contributed by atoms with Crippen LogP contribution in [0.5, 0.6) is 0 Å². The number of hydrogen-bond donors (Lipinski definition) is 1. The first-order valence-electron chi connectivity index (χ1n) is 4.65. The normalized spacial score (nSPS) is 21.6. The predicted octanol–water partition coefficient (Wildman–Crippen LogP) is 0.864. The summed E-state index contributed by atoms with van der Waals surface area (Å²) in [6.45, 7) is 5.82. The summed E-state index contributed by atoms with van der Waals surface area (Å²) in [7, 11) is 0. The predicted molar refractivity (Wildman–Crippen MR) is 52.3 cm³/mol. The molecule has 0 saturated heterocycles. The standard InChI is InChI=1S/C9H16N2O3/c1-9(2,3)14-8(12)10-7-4-5-11(13)6-7/h6-7H,4-5H2,1-3H3,(H,10,12). The Hall–Kier alpha value is -1.26. The second-order valence-corrected chi connectivity index (χ2v) is 4.33. The molecule has 1 N–H and O–H groups in total. The van der Waals surface area contributed by atoms with Gasteiger partial charge in [-0.1, -0.05) is 0 Å². The first kappa shape index (κ1) is 10.8. The maximum absolute atomic E-state index is 11.2. The topological polar surface area (TPSA) is 64.4 Å². The van der Waals surface area contributed by atoms with Crippen LogP contribution in [0.2, 0.25) is 0 Å². The molecule has 80 valence electrons. The Labute approximate surface area is 83.3 Å². The Morgan fingerprint density at radius 3 is 2.71 bits per heavy atom. The zero-order valence-electron chi connectivity index (χ0n) is 8.74. The summed E-state index contributed by atoms with van der Waals surface area (Å²) in [4.78, 5) is 11.2. The molecule has 0 aliphatic carbocycles. The molecule has 1 amide bonds. The van der Waals surface area contributed by atoms with E-state index in [4.69, 9.17) is 4.74 Å². The zero-order valence-corrected chi connectivity index (χ0v) is 8.74. The molecule has 5 nitrogen and oxygen atoms in total. The van der Waals surface area contributed by atoms with E-state index >= 15 is 0 Å². The van der Waals surface area contributed by atoms with Gasteiger partial charge in [0.25, 0.3) is 0 Å². The van der Waals surface area contributed by atoms with Gasteiger partial charge in [0.2, 0.25) is 0 Å². The van der Waals surface area contributed by atoms with Crippen LogP contribution in [0.4, 0.5) is 4.79 Å². The Morgan fingerprint density at radius 2 is 2.29 bits per heavy atom. The molecule has 0 bridgehead atoms. The number of amides is 1. The van der Waals surface area contributed by atoms with Crippen molar-refractivity contribution in [2.75, 3.05) is 6.54 Å². The van der Waals surface area contributed by atoms with Crippen molar-refractivity contribution in [2.45, 2.75) is 38.8 Å². The van der Waals surface area contributed by atoms with E-state index in [1.165, 1.54) is 6.21 Å². The van der Waals surface area contributed by atoms with Crippen LogP contribution in [0.15, 0.2) is 0 Å². The van der Waals surface area contributed by atoms with E-state index in [0.717, 1.165) is 4.74 Å². The highest BCUT2D eigenvalue weighted by atomic mass is 16.6. The average molecular weight is 200 g/mol. The first-order valence-corrected chi connectivity index (χ1v) is 4.65. The fourth-order valence-corrected chi connectivity index (χ4v) is 1.18. The van der Waals surface area contributed by atoms with E-state index in [1.54, 1.807) is 20.8 Å². The van der Waals surface area contributed by atoms with Gasteiger partial charge in [-0.05, 0) is 20.8 Å². The quantitative estimate of drug-likeness (QED) is 0.504. The van der Waals surface area contributed by atoms with Crippen molar-refractivity contribution in [2.24, 2.45) is 0 Å². The Morgan fingerprint density at radius 1 is 1.64 bits per heavy atom. The van der Waals surface area contributed by atoms with Gasteiger partial charge in [-0.15, -0.1) is 0 Å². The van der Waals surface area contributed by atoms with E-state index in [-0.39, 0.29) is 6.04 Å². The molecule has 0 spiro atoms. The highest BCUT2D eigenvalue weighted by molar-refractivity contribution is 5.74. The van der Waals surface area contributed by atoms with Gasteiger partial charge in [0.15, 0.2) is 12.8 Å². The van der Waals surface area contributed by atoms with Crippen molar-refractivity contribution in [1.82, 2.24) is 5.32 Å². The summed E-state index contributed by atoms with van der Waals surface area (Å²) in [6, 6.07) is -0.192. The molecule has 14 heavy (non-hydrogen) atoms.